The molecule has 0 saturated heterocycles. The molecule has 74 valence electrons. The summed E-state index contributed by atoms with van der Waals surface area (Å²) < 4.78 is 25.2. The first-order valence-corrected chi connectivity index (χ1v) is 4.09. The topological polar surface area (TPSA) is 41.8 Å². The molecule has 3 N–H and O–H groups in total. The predicted molar refractivity (Wildman–Crippen MR) is 47.8 cm³/mol. The number of nitrogens with one attached hydrogen (secondary N) is 1. The Morgan fingerprint density at radius 2 is 2.00 bits per heavy atom. The maximum atomic E-state index is 12.6. The summed E-state index contributed by atoms with van der Waals surface area (Å²) >= 11 is 0. The second kappa shape index (κ2) is 3.10. The van der Waals surface area contributed by atoms with E-state index >= 15 is 0 Å². The smallest absolute Gasteiger partial charge is 0.260 e. The number of rotatable bonds is 2. The van der Waals surface area contributed by atoms with E-state index in [2.05, 4.69) is 4.98 Å². The van der Waals surface area contributed by atoms with Gasteiger partial charge in [-0.25, -0.2) is 8.78 Å². The number of nitrogens with two attached hydrogens (primary N) is 1. The Balaban J connectivity index is 3.20. The number of aromatic nitrogens is 1. The zero-order chi connectivity index (χ0) is 10.2. The van der Waals surface area contributed by atoms with Gasteiger partial charge in [0.1, 0.15) is 5.54 Å². The zero-order valence-electron chi connectivity index (χ0n) is 7.99. The van der Waals surface area contributed by atoms with E-state index in [0.29, 0.717) is 11.3 Å². The van der Waals surface area contributed by atoms with Gasteiger partial charge in [0.25, 0.3) is 6.43 Å². The number of H-pyrrole nitrogens is 1. The van der Waals surface area contributed by atoms with Crippen LogP contribution in [0.15, 0.2) is 6.20 Å². The van der Waals surface area contributed by atoms with E-state index in [4.69, 9.17) is 5.73 Å². The molecule has 1 atom stereocenters. The molecular formula is C9H14F2N2. The van der Waals surface area contributed by atoms with E-state index in [-0.39, 0.29) is 0 Å². The third-order valence-corrected chi connectivity index (χ3v) is 2.27. The molecule has 4 heteroatoms. The van der Waals surface area contributed by atoms with Crippen LogP contribution < -0.4 is 5.73 Å². The van der Waals surface area contributed by atoms with Crippen LogP contribution in [0.25, 0.3) is 0 Å². The van der Waals surface area contributed by atoms with Crippen LogP contribution in [0.3, 0.4) is 0 Å². The minimum atomic E-state index is -2.55. The number of aromatic amines is 1. The second-order valence-corrected chi connectivity index (χ2v) is 3.56. The lowest BCUT2D eigenvalue weighted by Gasteiger charge is -2.24. The molecule has 1 aromatic rings. The van der Waals surface area contributed by atoms with E-state index in [0.717, 1.165) is 5.56 Å². The van der Waals surface area contributed by atoms with Crippen LogP contribution in [0, 0.1) is 13.8 Å². The SMILES string of the molecule is Cc1c[nH]c(C)c1C(C)(N)C(F)F. The van der Waals surface area contributed by atoms with Crippen molar-refractivity contribution in [2.24, 2.45) is 5.73 Å². The molecule has 13 heavy (non-hydrogen) atoms. The van der Waals surface area contributed by atoms with Crippen molar-refractivity contribution in [1.82, 2.24) is 4.98 Å². The lowest BCUT2D eigenvalue weighted by molar-refractivity contribution is 0.0619. The molecule has 0 aliphatic heterocycles. The monoisotopic (exact) mass is 188 g/mol. The summed E-state index contributed by atoms with van der Waals surface area (Å²) in [5, 5.41) is 0. The van der Waals surface area contributed by atoms with Gasteiger partial charge in [0.2, 0.25) is 0 Å². The largest absolute Gasteiger partial charge is 0.365 e. The highest BCUT2D eigenvalue weighted by molar-refractivity contribution is 5.35. The fraction of sp³-hybridized carbons (Fsp3) is 0.556. The maximum absolute atomic E-state index is 12.6. The van der Waals surface area contributed by atoms with Crippen LogP contribution in [0.5, 0.6) is 0 Å². The molecular weight excluding hydrogens is 174 g/mol. The zero-order valence-corrected chi connectivity index (χ0v) is 7.99. The van der Waals surface area contributed by atoms with E-state index in [1.165, 1.54) is 6.92 Å². The summed E-state index contributed by atoms with van der Waals surface area (Å²) in [5.41, 5.74) is 6.00. The van der Waals surface area contributed by atoms with Crippen LogP contribution in [0.4, 0.5) is 8.78 Å². The first-order chi connectivity index (χ1) is 5.87. The van der Waals surface area contributed by atoms with Crippen molar-refractivity contribution in [1.29, 1.82) is 0 Å². The van der Waals surface area contributed by atoms with Gasteiger partial charge in [-0.2, -0.15) is 0 Å². The highest BCUT2D eigenvalue weighted by Crippen LogP contribution is 2.29. The molecule has 0 saturated carbocycles. The van der Waals surface area contributed by atoms with Crippen LogP contribution in [0.2, 0.25) is 0 Å². The second-order valence-electron chi connectivity index (χ2n) is 3.56. The Morgan fingerprint density at radius 3 is 2.31 bits per heavy atom. The van der Waals surface area contributed by atoms with Crippen molar-refractivity contribution in [2.75, 3.05) is 0 Å². The summed E-state index contributed by atoms with van der Waals surface area (Å²) in [6.45, 7) is 4.86. The van der Waals surface area contributed by atoms with E-state index in [1.54, 1.807) is 20.0 Å². The van der Waals surface area contributed by atoms with Gasteiger partial charge < -0.3 is 10.7 Å². The average Bonchev–Trinajstić information content (AvgIpc) is 2.30. The highest BCUT2D eigenvalue weighted by Gasteiger charge is 2.35. The Hall–Kier alpha value is -0.900. The average molecular weight is 188 g/mol. The molecule has 0 spiro atoms. The quantitative estimate of drug-likeness (QED) is 0.733. The van der Waals surface area contributed by atoms with Crippen LogP contribution in [0.1, 0.15) is 23.7 Å². The van der Waals surface area contributed by atoms with Gasteiger partial charge in [-0.3, -0.25) is 0 Å². The van der Waals surface area contributed by atoms with Crippen LogP contribution in [-0.2, 0) is 5.54 Å². The molecule has 0 aromatic carbocycles. The van der Waals surface area contributed by atoms with Crippen LogP contribution >= 0.6 is 0 Å². The van der Waals surface area contributed by atoms with Gasteiger partial charge in [0.15, 0.2) is 0 Å². The van der Waals surface area contributed by atoms with E-state index < -0.39 is 12.0 Å². The summed E-state index contributed by atoms with van der Waals surface area (Å²) in [4.78, 5) is 2.88. The fourth-order valence-electron chi connectivity index (χ4n) is 1.59. The third-order valence-electron chi connectivity index (χ3n) is 2.27. The first-order valence-electron chi connectivity index (χ1n) is 4.09. The molecule has 0 aliphatic rings. The molecule has 0 radical (unpaired) electrons. The van der Waals surface area contributed by atoms with Gasteiger partial charge in [0.05, 0.1) is 0 Å². The number of hydrogen-bond donors (Lipinski definition) is 2. The summed E-state index contributed by atoms with van der Waals surface area (Å²) in [5.74, 6) is 0. The van der Waals surface area contributed by atoms with Crippen molar-refractivity contribution in [3.05, 3.63) is 23.0 Å². The predicted octanol–water partition coefficient (Wildman–Crippen LogP) is 2.07. The van der Waals surface area contributed by atoms with Gasteiger partial charge in [-0.15, -0.1) is 0 Å². The van der Waals surface area contributed by atoms with Crippen molar-refractivity contribution in [2.45, 2.75) is 32.7 Å². The Morgan fingerprint density at radius 1 is 1.46 bits per heavy atom. The normalized spacial score (nSPS) is 16.2. The molecule has 1 aromatic heterocycles. The van der Waals surface area contributed by atoms with Gasteiger partial charge in [-0.1, -0.05) is 0 Å². The van der Waals surface area contributed by atoms with Crippen molar-refractivity contribution in [3.8, 4) is 0 Å². The third kappa shape index (κ3) is 1.58. The van der Waals surface area contributed by atoms with Crippen LogP contribution in [-0.4, -0.2) is 11.4 Å². The van der Waals surface area contributed by atoms with E-state index in [1.807, 2.05) is 0 Å². The fourth-order valence-corrected chi connectivity index (χ4v) is 1.59. The summed E-state index contributed by atoms with van der Waals surface area (Å²) in [6.07, 6.45) is -0.862. The van der Waals surface area contributed by atoms with Crippen molar-refractivity contribution in [3.63, 3.8) is 0 Å². The van der Waals surface area contributed by atoms with Gasteiger partial charge >= 0.3 is 0 Å². The molecule has 0 amide bonds. The summed E-state index contributed by atoms with van der Waals surface area (Å²) in [6, 6.07) is 0. The van der Waals surface area contributed by atoms with Crippen molar-refractivity contribution < 1.29 is 8.78 Å². The highest BCUT2D eigenvalue weighted by atomic mass is 19.3. The molecule has 0 bridgehead atoms. The maximum Gasteiger partial charge on any atom is 0.260 e. The number of halogens is 2. The molecule has 0 fully saturated rings. The molecule has 1 heterocycles. The van der Waals surface area contributed by atoms with Gasteiger partial charge in [-0.05, 0) is 26.3 Å². The van der Waals surface area contributed by atoms with Gasteiger partial charge in [0, 0.05) is 17.5 Å². The number of aryl methyl sites for hydroxylation is 2. The molecule has 2 nitrogen and oxygen atoms in total. The lowest BCUT2D eigenvalue weighted by atomic mass is 9.91. The van der Waals surface area contributed by atoms with E-state index in [9.17, 15) is 8.78 Å². The summed E-state index contributed by atoms with van der Waals surface area (Å²) in [7, 11) is 0. The Labute approximate surface area is 76.1 Å². The minimum absolute atomic E-state index is 0.516. The molecule has 1 unspecified atom stereocenters. The van der Waals surface area contributed by atoms with Crippen molar-refractivity contribution >= 4 is 0 Å². The number of alkyl halides is 2. The molecule has 1 rings (SSSR count). The standard InChI is InChI=1S/C9H14F2N2/c1-5-4-13-6(2)7(5)9(3,12)8(10)11/h4,8,13H,12H2,1-3H3. The Bertz CT molecular complexity index is 283. The lowest BCUT2D eigenvalue weighted by Crippen LogP contribution is -2.41. The Kier molecular flexibility index (Phi) is 2.43. The first kappa shape index (κ1) is 10.2. The minimum Gasteiger partial charge on any atom is -0.365 e. The number of hydrogen-bond acceptors (Lipinski definition) is 1. The molecule has 0 aliphatic carbocycles.